The Kier molecular flexibility index (Phi) is 4.12. The van der Waals surface area contributed by atoms with Crippen LogP contribution in [0.3, 0.4) is 0 Å². The van der Waals surface area contributed by atoms with Crippen molar-refractivity contribution >= 4 is 11.8 Å². The zero-order valence-electron chi connectivity index (χ0n) is 10.8. The molecule has 0 amide bonds. The second kappa shape index (κ2) is 5.80. The highest BCUT2D eigenvalue weighted by molar-refractivity contribution is 5.86. The van der Waals surface area contributed by atoms with Crippen molar-refractivity contribution < 1.29 is 9.53 Å². The normalized spacial score (nSPS) is 22.8. The van der Waals surface area contributed by atoms with Gasteiger partial charge in [0, 0.05) is 6.54 Å². The van der Waals surface area contributed by atoms with Gasteiger partial charge < -0.3 is 10.1 Å². The largest absolute Gasteiger partial charge is 0.464 e. The number of rotatable bonds is 4. The third-order valence-electron chi connectivity index (χ3n) is 3.42. The van der Waals surface area contributed by atoms with Crippen molar-refractivity contribution in [3.8, 4) is 0 Å². The minimum atomic E-state index is -0.460. The van der Waals surface area contributed by atoms with Crippen molar-refractivity contribution in [2.45, 2.75) is 26.2 Å². The van der Waals surface area contributed by atoms with E-state index in [-0.39, 0.29) is 5.69 Å². The van der Waals surface area contributed by atoms with Gasteiger partial charge in [-0.25, -0.2) is 14.8 Å². The third kappa shape index (κ3) is 3.18. The lowest BCUT2D eigenvalue weighted by Crippen LogP contribution is -2.13. The van der Waals surface area contributed by atoms with Gasteiger partial charge in [-0.05, 0) is 24.7 Å². The molecule has 0 radical (unpaired) electrons. The van der Waals surface area contributed by atoms with Gasteiger partial charge >= 0.3 is 5.97 Å². The molecule has 2 rings (SSSR count). The summed E-state index contributed by atoms with van der Waals surface area (Å²) in [6.07, 6.45) is 6.89. The molecular formula is C13H19N3O2. The predicted molar refractivity (Wildman–Crippen MR) is 68.4 cm³/mol. The molecule has 1 aliphatic carbocycles. The molecule has 2 atom stereocenters. The molecule has 1 fully saturated rings. The highest BCUT2D eigenvalue weighted by Crippen LogP contribution is 2.30. The molecule has 1 aromatic heterocycles. The first-order valence-corrected chi connectivity index (χ1v) is 6.33. The molecule has 1 heterocycles. The quantitative estimate of drug-likeness (QED) is 0.828. The Balaban J connectivity index is 1.85. The van der Waals surface area contributed by atoms with E-state index in [4.69, 9.17) is 0 Å². The van der Waals surface area contributed by atoms with Crippen molar-refractivity contribution in [3.05, 3.63) is 18.1 Å². The first kappa shape index (κ1) is 12.8. The molecule has 5 nitrogen and oxygen atoms in total. The topological polar surface area (TPSA) is 64.1 Å². The Morgan fingerprint density at radius 2 is 2.28 bits per heavy atom. The Labute approximate surface area is 107 Å². The van der Waals surface area contributed by atoms with Crippen LogP contribution >= 0.6 is 0 Å². The van der Waals surface area contributed by atoms with E-state index in [0.29, 0.717) is 5.82 Å². The fourth-order valence-electron chi connectivity index (χ4n) is 2.39. The van der Waals surface area contributed by atoms with E-state index in [1.54, 1.807) is 6.20 Å². The highest BCUT2D eigenvalue weighted by Gasteiger charge is 2.20. The molecule has 5 heteroatoms. The summed E-state index contributed by atoms with van der Waals surface area (Å²) in [4.78, 5) is 19.3. The summed E-state index contributed by atoms with van der Waals surface area (Å²) in [6.45, 7) is 3.22. The molecular weight excluding hydrogens is 230 g/mol. The number of ether oxygens (including phenoxy) is 1. The van der Waals surface area contributed by atoms with Gasteiger partial charge in [-0.1, -0.05) is 13.3 Å². The van der Waals surface area contributed by atoms with Crippen LogP contribution in [0.4, 0.5) is 5.82 Å². The average Bonchev–Trinajstić information content (AvgIpc) is 2.82. The maximum atomic E-state index is 11.2. The summed E-state index contributed by atoms with van der Waals surface area (Å²) >= 11 is 0. The number of nitrogens with zero attached hydrogens (tertiary/aromatic N) is 2. The number of esters is 1. The number of carbonyl (C=O) groups is 1. The molecule has 0 saturated heterocycles. The minimum absolute atomic E-state index is 0.234. The molecule has 0 bridgehead atoms. The standard InChI is InChI=1S/C13H19N3O2/c1-9-3-4-10(5-9)6-15-12-8-14-11(7-16-12)13(17)18-2/h7-10H,3-6H2,1-2H3,(H,15,16). The summed E-state index contributed by atoms with van der Waals surface area (Å²) in [7, 11) is 1.33. The van der Waals surface area contributed by atoms with E-state index < -0.39 is 5.97 Å². The van der Waals surface area contributed by atoms with Crippen LogP contribution in [0.5, 0.6) is 0 Å². The number of nitrogens with one attached hydrogen (secondary N) is 1. The molecule has 1 saturated carbocycles. The van der Waals surface area contributed by atoms with Crippen LogP contribution in [0.15, 0.2) is 12.4 Å². The third-order valence-corrected chi connectivity index (χ3v) is 3.42. The zero-order valence-corrected chi connectivity index (χ0v) is 10.8. The summed E-state index contributed by atoms with van der Waals surface area (Å²) in [6, 6.07) is 0. The Morgan fingerprint density at radius 1 is 1.44 bits per heavy atom. The van der Waals surface area contributed by atoms with Gasteiger partial charge in [-0.15, -0.1) is 0 Å². The van der Waals surface area contributed by atoms with Gasteiger partial charge in [0.1, 0.15) is 5.82 Å². The Hall–Kier alpha value is -1.65. The van der Waals surface area contributed by atoms with Crippen molar-refractivity contribution in [3.63, 3.8) is 0 Å². The van der Waals surface area contributed by atoms with E-state index in [1.165, 1.54) is 32.6 Å². The number of methoxy groups -OCH3 is 1. The van der Waals surface area contributed by atoms with Gasteiger partial charge in [0.15, 0.2) is 5.69 Å². The molecule has 98 valence electrons. The lowest BCUT2D eigenvalue weighted by atomic mass is 10.1. The number of hydrogen-bond donors (Lipinski definition) is 1. The van der Waals surface area contributed by atoms with Crippen LogP contribution in [0.25, 0.3) is 0 Å². The van der Waals surface area contributed by atoms with Crippen molar-refractivity contribution in [2.24, 2.45) is 11.8 Å². The molecule has 18 heavy (non-hydrogen) atoms. The number of hydrogen-bond acceptors (Lipinski definition) is 5. The molecule has 0 aromatic carbocycles. The Bertz CT molecular complexity index is 405. The number of carbonyl (C=O) groups excluding carboxylic acids is 1. The van der Waals surface area contributed by atoms with Crippen LogP contribution in [0.1, 0.15) is 36.7 Å². The second-order valence-electron chi connectivity index (χ2n) is 4.94. The lowest BCUT2D eigenvalue weighted by Gasteiger charge is -2.11. The molecule has 1 aromatic rings. The van der Waals surface area contributed by atoms with Crippen molar-refractivity contribution in [1.29, 1.82) is 0 Å². The molecule has 2 unspecified atom stereocenters. The van der Waals surface area contributed by atoms with Crippen LogP contribution in [0, 0.1) is 11.8 Å². The van der Waals surface area contributed by atoms with Crippen LogP contribution in [0.2, 0.25) is 0 Å². The predicted octanol–water partition coefficient (Wildman–Crippen LogP) is 2.11. The molecule has 1 aliphatic rings. The van der Waals surface area contributed by atoms with E-state index in [0.717, 1.165) is 18.4 Å². The first-order valence-electron chi connectivity index (χ1n) is 6.33. The molecule has 1 N–H and O–H groups in total. The smallest absolute Gasteiger partial charge is 0.358 e. The summed E-state index contributed by atoms with van der Waals surface area (Å²) in [5.74, 6) is 1.81. The number of anilines is 1. The molecule has 0 aliphatic heterocycles. The highest BCUT2D eigenvalue weighted by atomic mass is 16.5. The summed E-state index contributed by atoms with van der Waals surface area (Å²) < 4.78 is 4.57. The van der Waals surface area contributed by atoms with Gasteiger partial charge in [0.05, 0.1) is 19.5 Å². The molecule has 0 spiro atoms. The first-order chi connectivity index (χ1) is 8.69. The minimum Gasteiger partial charge on any atom is -0.464 e. The monoisotopic (exact) mass is 249 g/mol. The second-order valence-corrected chi connectivity index (χ2v) is 4.94. The van der Waals surface area contributed by atoms with Gasteiger partial charge in [0.2, 0.25) is 0 Å². The summed E-state index contributed by atoms with van der Waals surface area (Å²) in [5.41, 5.74) is 0.234. The van der Waals surface area contributed by atoms with E-state index in [9.17, 15) is 4.79 Å². The van der Waals surface area contributed by atoms with E-state index >= 15 is 0 Å². The van der Waals surface area contributed by atoms with Crippen LogP contribution in [-0.2, 0) is 4.74 Å². The van der Waals surface area contributed by atoms with E-state index in [1.807, 2.05) is 0 Å². The Morgan fingerprint density at radius 3 is 2.83 bits per heavy atom. The maximum absolute atomic E-state index is 11.2. The van der Waals surface area contributed by atoms with Gasteiger partial charge in [0.25, 0.3) is 0 Å². The lowest BCUT2D eigenvalue weighted by molar-refractivity contribution is 0.0593. The number of aromatic nitrogens is 2. The van der Waals surface area contributed by atoms with Crippen molar-refractivity contribution in [2.75, 3.05) is 19.0 Å². The fraction of sp³-hybridized carbons (Fsp3) is 0.615. The van der Waals surface area contributed by atoms with Crippen molar-refractivity contribution in [1.82, 2.24) is 9.97 Å². The van der Waals surface area contributed by atoms with Crippen LogP contribution in [-0.4, -0.2) is 29.6 Å². The SMILES string of the molecule is COC(=O)c1cnc(NCC2CCC(C)C2)cn1. The van der Waals surface area contributed by atoms with Gasteiger partial charge in [-0.3, -0.25) is 0 Å². The fourth-order valence-corrected chi connectivity index (χ4v) is 2.39. The van der Waals surface area contributed by atoms with Gasteiger partial charge in [-0.2, -0.15) is 0 Å². The zero-order chi connectivity index (χ0) is 13.0. The van der Waals surface area contributed by atoms with Crippen LogP contribution < -0.4 is 5.32 Å². The summed E-state index contributed by atoms with van der Waals surface area (Å²) in [5, 5.41) is 3.27. The average molecular weight is 249 g/mol. The maximum Gasteiger partial charge on any atom is 0.358 e. The van der Waals surface area contributed by atoms with E-state index in [2.05, 4.69) is 26.9 Å².